The molecule has 1 aromatic carbocycles. The number of thiazole rings is 1. The number of hydrogen-bond acceptors (Lipinski definition) is 7. The summed E-state index contributed by atoms with van der Waals surface area (Å²) in [6.07, 6.45) is 5.43. The minimum Gasteiger partial charge on any atom is -0.494 e. The van der Waals surface area contributed by atoms with Crippen molar-refractivity contribution in [1.82, 2.24) is 4.98 Å². The highest BCUT2D eigenvalue weighted by atomic mass is 32.1. The normalized spacial score (nSPS) is 23.4. The molecule has 0 radical (unpaired) electrons. The van der Waals surface area contributed by atoms with Gasteiger partial charge in [-0.05, 0) is 31.1 Å². The van der Waals surface area contributed by atoms with Gasteiger partial charge in [0, 0.05) is 24.5 Å². The van der Waals surface area contributed by atoms with E-state index in [1.165, 1.54) is 0 Å². The first kappa shape index (κ1) is 25.8. The highest BCUT2D eigenvalue weighted by Crippen LogP contribution is 2.37. The minimum atomic E-state index is -4.44. The molecule has 4 atom stereocenters. The van der Waals surface area contributed by atoms with Crippen LogP contribution in [0.4, 0.5) is 5.13 Å². The highest BCUT2D eigenvalue weighted by molar-refractivity contribution is 7.67. The first-order chi connectivity index (χ1) is 16.7. The van der Waals surface area contributed by atoms with Crippen LogP contribution in [0, 0.1) is 5.92 Å². The van der Waals surface area contributed by atoms with E-state index >= 15 is 0 Å². The maximum Gasteiger partial charge on any atom is 0.367 e. The maximum atomic E-state index is 13.1. The van der Waals surface area contributed by atoms with E-state index in [2.05, 4.69) is 10.3 Å². The van der Waals surface area contributed by atoms with Crippen LogP contribution in [-0.2, 0) is 30.0 Å². The van der Waals surface area contributed by atoms with Crippen molar-refractivity contribution in [1.29, 1.82) is 0 Å². The molecule has 0 spiro atoms. The molecule has 2 aliphatic rings. The first-order valence-corrected chi connectivity index (χ1v) is 13.8. The predicted octanol–water partition coefficient (Wildman–Crippen LogP) is 3.17. The number of benzene rings is 1. The number of ether oxygens (including phenoxy) is 3. The van der Waals surface area contributed by atoms with Crippen LogP contribution in [-0.4, -0.2) is 52.2 Å². The van der Waals surface area contributed by atoms with Crippen molar-refractivity contribution < 1.29 is 33.4 Å². The van der Waals surface area contributed by atoms with E-state index < -0.39 is 19.6 Å². The Labute approximate surface area is 208 Å². The highest BCUT2D eigenvalue weighted by Gasteiger charge is 2.32. The number of amides is 1. The van der Waals surface area contributed by atoms with Crippen molar-refractivity contribution in [2.45, 2.75) is 45.0 Å². The van der Waals surface area contributed by atoms with E-state index in [1.807, 2.05) is 44.2 Å². The lowest BCUT2D eigenvalue weighted by Crippen LogP contribution is -2.33. The summed E-state index contributed by atoms with van der Waals surface area (Å²) < 4.78 is 29.2. The summed E-state index contributed by atoms with van der Waals surface area (Å²) in [6, 6.07) is 10.0. The molecule has 1 aromatic heterocycles. The maximum absolute atomic E-state index is 13.1. The van der Waals surface area contributed by atoms with Crippen LogP contribution < -0.4 is 9.94 Å². The first-order valence-electron chi connectivity index (χ1n) is 11.4. The standard InChI is InChI=1S/C24H29N2O7PS/c1-15(10-17-6-4-3-5-7-17)32-20-11-18(12-21(16(20)2)33-19-8-9-31-14-19)23(27)26-24-25-13-22(35-24)34(28,29)30/h3-7,11-13,15-16,19,21H,8-10,14H2,1-2H3,(H,25,26,27)(H2,28,29,30)/t15-,16+,19-,21-/m0/s1. The number of hydrogen-bond donors (Lipinski definition) is 3. The Bertz CT molecular complexity index is 1140. The van der Waals surface area contributed by atoms with Gasteiger partial charge < -0.3 is 24.0 Å². The Hall–Kier alpha value is -2.33. The van der Waals surface area contributed by atoms with E-state index in [1.54, 1.807) is 12.2 Å². The van der Waals surface area contributed by atoms with Crippen molar-refractivity contribution in [3.63, 3.8) is 0 Å². The molecule has 1 saturated heterocycles. The Kier molecular flexibility index (Phi) is 8.21. The SMILES string of the molecule is C[C@@H]1C(O[C@@H](C)Cc2ccccc2)=CC(C(=O)Nc2ncc(P(=O)(O)O)s2)=C[C@@H]1O[C@H]1CCOC1. The third kappa shape index (κ3) is 6.88. The number of anilines is 1. The zero-order valence-electron chi connectivity index (χ0n) is 19.5. The van der Waals surface area contributed by atoms with E-state index in [0.717, 1.165) is 29.5 Å². The fraction of sp³-hybridized carbons (Fsp3) is 0.417. The van der Waals surface area contributed by atoms with Gasteiger partial charge in [-0.25, -0.2) is 4.98 Å². The van der Waals surface area contributed by atoms with Gasteiger partial charge in [0.2, 0.25) is 0 Å². The van der Waals surface area contributed by atoms with Gasteiger partial charge in [0.1, 0.15) is 10.4 Å². The smallest absolute Gasteiger partial charge is 0.367 e. The zero-order chi connectivity index (χ0) is 25.0. The van der Waals surface area contributed by atoms with Crippen LogP contribution in [0.15, 0.2) is 60.0 Å². The Morgan fingerprint density at radius 1 is 1.34 bits per heavy atom. The minimum absolute atomic E-state index is 0.0612. The van der Waals surface area contributed by atoms with Gasteiger partial charge in [-0.3, -0.25) is 14.7 Å². The molecule has 1 amide bonds. The quantitative estimate of drug-likeness (QED) is 0.431. The number of aromatic nitrogens is 1. The van der Waals surface area contributed by atoms with Crippen LogP contribution in [0.5, 0.6) is 0 Å². The van der Waals surface area contributed by atoms with Crippen LogP contribution in [0.1, 0.15) is 25.8 Å². The van der Waals surface area contributed by atoms with Gasteiger partial charge in [0.15, 0.2) is 5.13 Å². The lowest BCUT2D eigenvalue weighted by molar-refractivity contribution is -0.112. The lowest BCUT2D eigenvalue weighted by atomic mass is 9.92. The number of rotatable bonds is 9. The Morgan fingerprint density at radius 2 is 2.11 bits per heavy atom. The van der Waals surface area contributed by atoms with E-state index in [4.69, 9.17) is 14.2 Å². The fourth-order valence-electron chi connectivity index (χ4n) is 3.95. The molecule has 0 unspecified atom stereocenters. The van der Waals surface area contributed by atoms with Crippen molar-refractivity contribution in [3.8, 4) is 0 Å². The lowest BCUT2D eigenvalue weighted by Gasteiger charge is -2.31. The van der Waals surface area contributed by atoms with Gasteiger partial charge in [0.05, 0.1) is 31.1 Å². The second-order valence-electron chi connectivity index (χ2n) is 8.66. The third-order valence-corrected chi connectivity index (χ3v) is 8.18. The van der Waals surface area contributed by atoms with Gasteiger partial charge >= 0.3 is 7.60 Å². The average molecular weight is 521 g/mol. The van der Waals surface area contributed by atoms with Crippen LogP contribution >= 0.6 is 18.9 Å². The monoisotopic (exact) mass is 520 g/mol. The summed E-state index contributed by atoms with van der Waals surface area (Å²) >= 11 is 0.739. The molecule has 9 nitrogen and oxygen atoms in total. The third-order valence-electron chi connectivity index (χ3n) is 5.79. The van der Waals surface area contributed by atoms with E-state index in [9.17, 15) is 19.1 Å². The summed E-state index contributed by atoms with van der Waals surface area (Å²) in [4.78, 5) is 35.6. The summed E-state index contributed by atoms with van der Waals surface area (Å²) in [7, 11) is -4.44. The summed E-state index contributed by atoms with van der Waals surface area (Å²) in [5.74, 6) is 0.0585. The van der Waals surface area contributed by atoms with Crippen molar-refractivity contribution in [2.24, 2.45) is 5.92 Å². The molecule has 1 fully saturated rings. The molecule has 11 heteroatoms. The fourth-order valence-corrected chi connectivity index (χ4v) is 5.44. The summed E-state index contributed by atoms with van der Waals surface area (Å²) in [5, 5.41) is 2.72. The number of nitrogens with one attached hydrogen (secondary N) is 1. The van der Waals surface area contributed by atoms with E-state index in [0.29, 0.717) is 31.0 Å². The van der Waals surface area contributed by atoms with Crippen molar-refractivity contribution in [3.05, 3.63) is 65.6 Å². The van der Waals surface area contributed by atoms with Crippen LogP contribution in [0.25, 0.3) is 0 Å². The molecule has 2 aromatic rings. The molecule has 3 N–H and O–H groups in total. The van der Waals surface area contributed by atoms with E-state index in [-0.39, 0.29) is 27.9 Å². The molecule has 2 heterocycles. The molecular weight excluding hydrogens is 491 g/mol. The Balaban J connectivity index is 1.52. The largest absolute Gasteiger partial charge is 0.494 e. The summed E-state index contributed by atoms with van der Waals surface area (Å²) in [5.41, 5.74) is 1.49. The van der Waals surface area contributed by atoms with Gasteiger partial charge in [-0.1, -0.05) is 48.6 Å². The topological polar surface area (TPSA) is 127 Å². The molecule has 0 saturated carbocycles. The molecule has 4 rings (SSSR count). The molecule has 1 aliphatic heterocycles. The number of carbonyl (C=O) groups excluding carboxylic acids is 1. The molecule has 35 heavy (non-hydrogen) atoms. The van der Waals surface area contributed by atoms with Gasteiger partial charge in [-0.2, -0.15) is 0 Å². The van der Waals surface area contributed by atoms with Crippen molar-refractivity contribution >= 4 is 34.6 Å². The number of carbonyl (C=O) groups is 1. The average Bonchev–Trinajstić information content (AvgIpc) is 3.49. The zero-order valence-corrected chi connectivity index (χ0v) is 21.2. The van der Waals surface area contributed by atoms with Crippen LogP contribution in [0.2, 0.25) is 0 Å². The second kappa shape index (κ2) is 11.2. The molecule has 0 bridgehead atoms. The van der Waals surface area contributed by atoms with Gasteiger partial charge in [-0.15, -0.1) is 0 Å². The second-order valence-corrected chi connectivity index (χ2v) is 11.6. The molecule has 188 valence electrons. The Morgan fingerprint density at radius 3 is 2.77 bits per heavy atom. The van der Waals surface area contributed by atoms with Crippen molar-refractivity contribution in [2.75, 3.05) is 18.5 Å². The molecule has 1 aliphatic carbocycles. The molecular formula is C24H29N2O7PS. The van der Waals surface area contributed by atoms with Gasteiger partial charge in [0.25, 0.3) is 5.91 Å². The van der Waals surface area contributed by atoms with Crippen LogP contribution in [0.3, 0.4) is 0 Å². The predicted molar refractivity (Wildman–Crippen MR) is 133 cm³/mol. The number of nitrogens with zero attached hydrogens (tertiary/aromatic N) is 1. The summed E-state index contributed by atoms with van der Waals surface area (Å²) in [6.45, 7) is 5.13.